The first-order valence-electron chi connectivity index (χ1n) is 20.3. The summed E-state index contributed by atoms with van der Waals surface area (Å²) >= 11 is -8.90. The molecule has 2 aliphatic carbocycles. The Balaban J connectivity index is 2.16. The van der Waals surface area contributed by atoms with Crippen molar-refractivity contribution in [2.75, 3.05) is 0 Å². The number of rotatable bonds is 24. The van der Waals surface area contributed by atoms with Gasteiger partial charge < -0.3 is 0 Å². The third-order valence-corrected chi connectivity index (χ3v) is 28.8. The SMILES string of the molecule is CCC[CH2][Sn]([CH2]CCC)([O]C(=O)/C=C\C(=O)OC1CCCCC1)[O]C(=O)/C=C/C(=O)[O][Sn]([CH2]CCC)([CH2]CCC)[O]C(=O)/C=C/C(=O)OC1CCCCC1. The zero-order chi connectivity index (χ0) is 39.7. The topological polar surface area (TPSA) is 158 Å². The van der Waals surface area contributed by atoms with E-state index in [1.54, 1.807) is 0 Å². The van der Waals surface area contributed by atoms with Gasteiger partial charge in [0.25, 0.3) is 0 Å². The van der Waals surface area contributed by atoms with Gasteiger partial charge in [-0.3, -0.25) is 0 Å². The van der Waals surface area contributed by atoms with Gasteiger partial charge in [-0.05, 0) is 0 Å². The minimum atomic E-state index is -4.45. The molecule has 0 aromatic heterocycles. The molecule has 0 spiro atoms. The Bertz CT molecular complexity index is 1170. The molecule has 0 aliphatic heterocycles. The summed E-state index contributed by atoms with van der Waals surface area (Å²) in [5, 5.41) is 0. The normalized spacial score (nSPS) is 16.0. The fourth-order valence-corrected chi connectivity index (χ4v) is 25.7. The molecule has 304 valence electrons. The van der Waals surface area contributed by atoms with Crippen LogP contribution < -0.4 is 0 Å². The van der Waals surface area contributed by atoms with Crippen molar-refractivity contribution in [3.05, 3.63) is 36.5 Å². The van der Waals surface area contributed by atoms with Gasteiger partial charge in [-0.1, -0.05) is 0 Å². The molecule has 14 heteroatoms. The summed E-state index contributed by atoms with van der Waals surface area (Å²) < 4.78 is 36.5. The number of hydrogen-bond acceptors (Lipinski definition) is 12. The fourth-order valence-electron chi connectivity index (χ4n) is 6.54. The Morgan fingerprint density at radius 1 is 0.407 bits per heavy atom. The third-order valence-electron chi connectivity index (χ3n) is 9.53. The minimum absolute atomic E-state index is 0.156. The van der Waals surface area contributed by atoms with Crippen LogP contribution in [0.15, 0.2) is 36.5 Å². The second kappa shape index (κ2) is 27.3. The van der Waals surface area contributed by atoms with Gasteiger partial charge in [0.15, 0.2) is 0 Å². The molecule has 2 saturated carbocycles. The quantitative estimate of drug-likeness (QED) is 0.0516. The van der Waals surface area contributed by atoms with Gasteiger partial charge in [0, 0.05) is 0 Å². The van der Waals surface area contributed by atoms with Gasteiger partial charge in [-0.25, -0.2) is 0 Å². The number of carbonyl (C=O) groups is 6. The summed E-state index contributed by atoms with van der Waals surface area (Å²) in [4.78, 5) is 77.3. The second-order valence-electron chi connectivity index (χ2n) is 14.3. The van der Waals surface area contributed by atoms with Crippen LogP contribution in [0.1, 0.15) is 143 Å². The van der Waals surface area contributed by atoms with Crippen molar-refractivity contribution >= 4 is 74.2 Å². The first-order valence-corrected chi connectivity index (χ1v) is 33.1. The van der Waals surface area contributed by atoms with Crippen LogP contribution >= 0.6 is 0 Å². The predicted molar refractivity (Wildman–Crippen MR) is 208 cm³/mol. The number of esters is 2. The first kappa shape index (κ1) is 47.8. The van der Waals surface area contributed by atoms with E-state index in [1.165, 1.54) is 0 Å². The van der Waals surface area contributed by atoms with Crippen LogP contribution in [0.4, 0.5) is 0 Å². The Labute approximate surface area is 332 Å². The van der Waals surface area contributed by atoms with Gasteiger partial charge in [0.1, 0.15) is 0 Å². The van der Waals surface area contributed by atoms with Gasteiger partial charge in [-0.2, -0.15) is 0 Å². The standard InChI is InChI=1S/2C10H14O4.C4H4O4.4C4H9.2Sn/c2*11-9(12)6-7-10(13)14-8-4-2-1-3-5-8;5-3(6)1-2-4(7)8;4*1-3-4-2;;/h2*6-8H,1-5H2,(H,11,12);1-2H,(H,5,6)(H,7,8);4*1,3-4H2,2H3;;/q;;;;;;;2*+2/p-4/b7-6+;7-6-;2-1+;;;;;;. The molecule has 2 rings (SSSR count). The van der Waals surface area contributed by atoms with Gasteiger partial charge >= 0.3 is 334 Å². The summed E-state index contributed by atoms with van der Waals surface area (Å²) in [5.74, 6) is -4.42. The average Bonchev–Trinajstić information content (AvgIpc) is 3.16. The molecule has 0 amide bonds. The molecule has 0 radical (unpaired) electrons. The number of hydrogen-bond donors (Lipinski definition) is 0. The van der Waals surface area contributed by atoms with E-state index in [9.17, 15) is 28.8 Å². The molecule has 0 heterocycles. The number of carbonyl (C=O) groups excluding carboxylic acids is 6. The monoisotopic (exact) mass is 976 g/mol. The van der Waals surface area contributed by atoms with Crippen LogP contribution in [-0.2, 0) is 50.5 Å². The number of unbranched alkanes of at least 4 members (excludes halogenated alkanes) is 4. The molecular weight excluding hydrogens is 910 g/mol. The molecule has 0 unspecified atom stereocenters. The zero-order valence-electron chi connectivity index (χ0n) is 33.1. The van der Waals surface area contributed by atoms with Gasteiger partial charge in [-0.15, -0.1) is 0 Å². The van der Waals surface area contributed by atoms with Crippen molar-refractivity contribution in [1.82, 2.24) is 0 Å². The van der Waals surface area contributed by atoms with E-state index in [-0.39, 0.29) is 12.2 Å². The summed E-state index contributed by atoms with van der Waals surface area (Å²) in [5.41, 5.74) is 0. The van der Waals surface area contributed by atoms with E-state index in [2.05, 4.69) is 0 Å². The van der Waals surface area contributed by atoms with E-state index in [0.717, 1.165) is 126 Å². The Hall–Kier alpha value is -2.36. The fraction of sp³-hybridized carbons (Fsp3) is 0.700. The molecule has 0 atom stereocenters. The molecule has 54 heavy (non-hydrogen) atoms. The Morgan fingerprint density at radius 3 is 0.889 bits per heavy atom. The molecule has 0 N–H and O–H groups in total. The van der Waals surface area contributed by atoms with Crippen molar-refractivity contribution in [1.29, 1.82) is 0 Å². The van der Waals surface area contributed by atoms with Crippen molar-refractivity contribution < 1.29 is 50.5 Å². The summed E-state index contributed by atoms with van der Waals surface area (Å²) in [6.45, 7) is 7.94. The molecule has 12 nitrogen and oxygen atoms in total. The van der Waals surface area contributed by atoms with Crippen LogP contribution in [0.3, 0.4) is 0 Å². The maximum atomic E-state index is 13.3. The molecule has 0 bridgehead atoms. The first-order chi connectivity index (χ1) is 26.0. The van der Waals surface area contributed by atoms with Crippen LogP contribution in [0.25, 0.3) is 0 Å². The molecule has 2 fully saturated rings. The van der Waals surface area contributed by atoms with Crippen LogP contribution in [0.2, 0.25) is 17.7 Å². The second-order valence-corrected chi connectivity index (χ2v) is 32.7. The van der Waals surface area contributed by atoms with Crippen molar-refractivity contribution in [2.45, 2.75) is 173 Å². The molecule has 0 saturated heterocycles. The summed E-state index contributed by atoms with van der Waals surface area (Å²) in [7, 11) is 0. The average molecular weight is 974 g/mol. The predicted octanol–water partition coefficient (Wildman–Crippen LogP) is 8.66. The Kier molecular flexibility index (Phi) is 24.1. The molecule has 2 aliphatic rings. The maximum absolute atomic E-state index is 13.3. The van der Waals surface area contributed by atoms with Crippen LogP contribution in [-0.4, -0.2) is 86.4 Å². The summed E-state index contributed by atoms with van der Waals surface area (Å²) in [6, 6.07) is 0. The van der Waals surface area contributed by atoms with Gasteiger partial charge in [0.05, 0.1) is 0 Å². The van der Waals surface area contributed by atoms with Crippen molar-refractivity contribution in [3.63, 3.8) is 0 Å². The molecular formula is C40H64O12Sn2. The Morgan fingerprint density at radius 2 is 0.648 bits per heavy atom. The van der Waals surface area contributed by atoms with E-state index in [1.807, 2.05) is 27.7 Å². The van der Waals surface area contributed by atoms with Gasteiger partial charge in [0.2, 0.25) is 0 Å². The zero-order valence-corrected chi connectivity index (χ0v) is 38.8. The third kappa shape index (κ3) is 20.0. The number of ether oxygens (including phenoxy) is 2. The van der Waals surface area contributed by atoms with Crippen LogP contribution in [0, 0.1) is 0 Å². The van der Waals surface area contributed by atoms with E-state index in [0.29, 0.717) is 43.4 Å². The van der Waals surface area contributed by atoms with Crippen LogP contribution in [0.5, 0.6) is 0 Å². The molecule has 0 aromatic carbocycles. The van der Waals surface area contributed by atoms with Crippen molar-refractivity contribution in [2.24, 2.45) is 0 Å². The van der Waals surface area contributed by atoms with Crippen molar-refractivity contribution in [3.8, 4) is 0 Å². The van der Waals surface area contributed by atoms with E-state index < -0.39 is 74.2 Å². The molecule has 0 aromatic rings. The summed E-state index contributed by atoms with van der Waals surface area (Å²) in [6.07, 6.45) is 21.1. The van der Waals surface area contributed by atoms with E-state index in [4.69, 9.17) is 21.8 Å². The van der Waals surface area contributed by atoms with E-state index >= 15 is 0 Å².